The van der Waals surface area contributed by atoms with Gasteiger partial charge < -0.3 is 10.6 Å². The minimum Gasteiger partial charge on any atom is -0.324 e. The van der Waals surface area contributed by atoms with Crippen LogP contribution in [0.5, 0.6) is 0 Å². The zero-order valence-corrected chi connectivity index (χ0v) is 14.6. The fourth-order valence-electron chi connectivity index (χ4n) is 2.31. The van der Waals surface area contributed by atoms with E-state index in [1.54, 1.807) is 6.07 Å². The van der Waals surface area contributed by atoms with Crippen LogP contribution in [-0.2, 0) is 0 Å². The molecule has 0 aliphatic rings. The van der Waals surface area contributed by atoms with Crippen LogP contribution in [0, 0.1) is 13.8 Å². The first-order valence-electron chi connectivity index (χ1n) is 7.75. The van der Waals surface area contributed by atoms with Crippen molar-refractivity contribution in [1.29, 1.82) is 0 Å². The Morgan fingerprint density at radius 2 is 1.68 bits per heavy atom. The highest BCUT2D eigenvalue weighted by Crippen LogP contribution is 2.22. The Balaban J connectivity index is 1.71. The van der Waals surface area contributed by atoms with Gasteiger partial charge in [-0.1, -0.05) is 29.8 Å². The van der Waals surface area contributed by atoms with Crippen LogP contribution in [0.3, 0.4) is 0 Å². The van der Waals surface area contributed by atoms with Gasteiger partial charge >= 0.3 is 0 Å². The number of carbonyl (C=O) groups is 1. The maximum Gasteiger partial charge on any atom is 0.258 e. The second-order valence-corrected chi connectivity index (χ2v) is 6.09. The number of halogens is 1. The third-order valence-electron chi connectivity index (χ3n) is 3.74. The molecule has 3 aromatic rings. The molecule has 1 aromatic heterocycles. The number of aryl methyl sites for hydroxylation is 2. The zero-order valence-electron chi connectivity index (χ0n) is 13.9. The summed E-state index contributed by atoms with van der Waals surface area (Å²) in [4.78, 5) is 20.7. The summed E-state index contributed by atoms with van der Waals surface area (Å²) in [7, 11) is 0. The average Bonchev–Trinajstić information content (AvgIpc) is 2.60. The molecule has 1 heterocycles. The van der Waals surface area contributed by atoms with E-state index in [2.05, 4.69) is 20.6 Å². The maximum atomic E-state index is 12.3. The van der Waals surface area contributed by atoms with Crippen LogP contribution in [0.15, 0.2) is 54.9 Å². The number of aromatic nitrogens is 2. The third kappa shape index (κ3) is 4.14. The van der Waals surface area contributed by atoms with Gasteiger partial charge in [0.15, 0.2) is 0 Å². The number of benzene rings is 2. The lowest BCUT2D eigenvalue weighted by atomic mass is 10.2. The lowest BCUT2D eigenvalue weighted by molar-refractivity contribution is 0.102. The SMILES string of the molecule is Cc1ccccc1NC(=O)c1cnc(Nc2ccc(Cl)cc2C)nc1. The maximum absolute atomic E-state index is 12.3. The van der Waals surface area contributed by atoms with Gasteiger partial charge in [0, 0.05) is 28.8 Å². The van der Waals surface area contributed by atoms with Gasteiger partial charge in [-0.15, -0.1) is 0 Å². The van der Waals surface area contributed by atoms with Gasteiger partial charge in [-0.05, 0) is 49.2 Å². The summed E-state index contributed by atoms with van der Waals surface area (Å²) >= 11 is 5.95. The van der Waals surface area contributed by atoms with Crippen LogP contribution in [0.2, 0.25) is 5.02 Å². The quantitative estimate of drug-likeness (QED) is 0.711. The Morgan fingerprint density at radius 3 is 2.36 bits per heavy atom. The first-order chi connectivity index (χ1) is 12.0. The molecule has 0 saturated carbocycles. The molecule has 0 aliphatic heterocycles. The number of carbonyl (C=O) groups excluding carboxylic acids is 1. The Hall–Kier alpha value is -2.92. The van der Waals surface area contributed by atoms with Gasteiger partial charge in [-0.3, -0.25) is 4.79 Å². The van der Waals surface area contributed by atoms with Crippen molar-refractivity contribution < 1.29 is 4.79 Å². The van der Waals surface area contributed by atoms with Crippen molar-refractivity contribution in [3.05, 3.63) is 76.6 Å². The van der Waals surface area contributed by atoms with Crippen LogP contribution < -0.4 is 10.6 Å². The highest BCUT2D eigenvalue weighted by molar-refractivity contribution is 6.30. The Bertz CT molecular complexity index is 910. The average molecular weight is 353 g/mol. The minimum atomic E-state index is -0.247. The standard InChI is InChI=1S/C19H17ClN4O/c1-12-5-3-4-6-16(12)23-18(25)14-10-21-19(22-11-14)24-17-8-7-15(20)9-13(17)2/h3-11H,1-2H3,(H,23,25)(H,21,22,24). The number of amides is 1. The fourth-order valence-corrected chi connectivity index (χ4v) is 2.53. The molecular formula is C19H17ClN4O. The van der Waals surface area contributed by atoms with Gasteiger partial charge in [0.25, 0.3) is 5.91 Å². The highest BCUT2D eigenvalue weighted by atomic mass is 35.5. The van der Waals surface area contributed by atoms with Crippen molar-refractivity contribution >= 4 is 34.8 Å². The summed E-state index contributed by atoms with van der Waals surface area (Å²) in [5.74, 6) is 0.168. The molecule has 0 fully saturated rings. The molecule has 5 nitrogen and oxygen atoms in total. The first-order valence-corrected chi connectivity index (χ1v) is 8.13. The molecular weight excluding hydrogens is 336 g/mol. The summed E-state index contributed by atoms with van der Waals surface area (Å²) in [6.45, 7) is 3.88. The Labute approximate surface area is 151 Å². The molecule has 25 heavy (non-hydrogen) atoms. The lowest BCUT2D eigenvalue weighted by Gasteiger charge is -2.10. The minimum absolute atomic E-state index is 0.247. The molecule has 0 atom stereocenters. The summed E-state index contributed by atoms with van der Waals surface area (Å²) in [6, 6.07) is 13.1. The molecule has 0 saturated heterocycles. The number of anilines is 3. The third-order valence-corrected chi connectivity index (χ3v) is 3.98. The topological polar surface area (TPSA) is 66.9 Å². The van der Waals surface area contributed by atoms with E-state index in [0.717, 1.165) is 22.5 Å². The molecule has 126 valence electrons. The van der Waals surface area contributed by atoms with Crippen LogP contribution in [-0.4, -0.2) is 15.9 Å². The molecule has 0 aliphatic carbocycles. The van der Waals surface area contributed by atoms with Gasteiger partial charge in [-0.2, -0.15) is 0 Å². The highest BCUT2D eigenvalue weighted by Gasteiger charge is 2.09. The molecule has 6 heteroatoms. The number of para-hydroxylation sites is 1. The van der Waals surface area contributed by atoms with Crippen molar-refractivity contribution in [2.75, 3.05) is 10.6 Å². The zero-order chi connectivity index (χ0) is 17.8. The molecule has 1 amide bonds. The normalized spacial score (nSPS) is 10.4. The van der Waals surface area contributed by atoms with Crippen LogP contribution in [0.1, 0.15) is 21.5 Å². The molecule has 0 radical (unpaired) electrons. The lowest BCUT2D eigenvalue weighted by Crippen LogP contribution is -2.13. The van der Waals surface area contributed by atoms with E-state index in [0.29, 0.717) is 16.5 Å². The number of nitrogens with zero attached hydrogens (tertiary/aromatic N) is 2. The summed E-state index contributed by atoms with van der Waals surface area (Å²) in [5.41, 5.74) is 4.00. The van der Waals surface area contributed by atoms with Crippen molar-refractivity contribution in [2.24, 2.45) is 0 Å². The second kappa shape index (κ2) is 7.32. The van der Waals surface area contributed by atoms with Crippen LogP contribution in [0.4, 0.5) is 17.3 Å². The van der Waals surface area contributed by atoms with Crippen molar-refractivity contribution in [1.82, 2.24) is 9.97 Å². The number of hydrogen-bond donors (Lipinski definition) is 2. The molecule has 3 rings (SSSR count). The summed E-state index contributed by atoms with van der Waals surface area (Å²) < 4.78 is 0. The number of hydrogen-bond acceptors (Lipinski definition) is 4. The molecule has 2 aromatic carbocycles. The Morgan fingerprint density at radius 1 is 0.960 bits per heavy atom. The van der Waals surface area contributed by atoms with Gasteiger partial charge in [0.05, 0.1) is 5.56 Å². The summed E-state index contributed by atoms with van der Waals surface area (Å²) in [5, 5.41) is 6.64. The van der Waals surface area contributed by atoms with E-state index in [-0.39, 0.29) is 5.91 Å². The van der Waals surface area contributed by atoms with Crippen molar-refractivity contribution in [3.63, 3.8) is 0 Å². The van der Waals surface area contributed by atoms with E-state index in [9.17, 15) is 4.79 Å². The van der Waals surface area contributed by atoms with Crippen LogP contribution >= 0.6 is 11.6 Å². The Kier molecular flexibility index (Phi) is 4.95. The van der Waals surface area contributed by atoms with Crippen molar-refractivity contribution in [2.45, 2.75) is 13.8 Å². The van der Waals surface area contributed by atoms with Crippen LogP contribution in [0.25, 0.3) is 0 Å². The van der Waals surface area contributed by atoms with Gasteiger partial charge in [0.2, 0.25) is 5.95 Å². The predicted octanol–water partition coefficient (Wildman–Crippen LogP) is 4.74. The largest absolute Gasteiger partial charge is 0.324 e. The number of nitrogens with one attached hydrogen (secondary N) is 2. The monoisotopic (exact) mass is 352 g/mol. The van der Waals surface area contributed by atoms with E-state index >= 15 is 0 Å². The first kappa shape index (κ1) is 16.9. The predicted molar refractivity (Wildman–Crippen MR) is 101 cm³/mol. The second-order valence-electron chi connectivity index (χ2n) is 5.65. The van der Waals surface area contributed by atoms with Gasteiger partial charge in [0.1, 0.15) is 0 Å². The molecule has 0 spiro atoms. The van der Waals surface area contributed by atoms with Crippen molar-refractivity contribution in [3.8, 4) is 0 Å². The smallest absolute Gasteiger partial charge is 0.258 e. The summed E-state index contributed by atoms with van der Waals surface area (Å²) in [6.07, 6.45) is 2.99. The molecule has 0 bridgehead atoms. The fraction of sp³-hybridized carbons (Fsp3) is 0.105. The van der Waals surface area contributed by atoms with E-state index in [4.69, 9.17) is 11.6 Å². The van der Waals surface area contributed by atoms with E-state index in [1.165, 1.54) is 12.4 Å². The van der Waals surface area contributed by atoms with E-state index < -0.39 is 0 Å². The molecule has 0 unspecified atom stereocenters. The van der Waals surface area contributed by atoms with E-state index in [1.807, 2.05) is 50.2 Å². The van der Waals surface area contributed by atoms with Gasteiger partial charge in [-0.25, -0.2) is 9.97 Å². The number of rotatable bonds is 4. The molecule has 2 N–H and O–H groups in total.